The van der Waals surface area contributed by atoms with Gasteiger partial charge in [-0.1, -0.05) is 35.6 Å². The van der Waals surface area contributed by atoms with Crippen molar-refractivity contribution in [2.24, 2.45) is 0 Å². The van der Waals surface area contributed by atoms with Crippen molar-refractivity contribution >= 4 is 41.6 Å². The average molecular weight is 316 g/mol. The SMILES string of the molecule is COC(=O)C(C)(Cl)CC(Br)C[Si](C)(C)C. The fourth-order valence-electron chi connectivity index (χ4n) is 1.45. The first-order valence-corrected chi connectivity index (χ1v) is 10.00. The fraction of sp³-hybridized carbons (Fsp3) is 0.900. The van der Waals surface area contributed by atoms with E-state index in [1.165, 1.54) is 7.11 Å². The van der Waals surface area contributed by atoms with Crippen molar-refractivity contribution in [2.45, 2.75) is 48.7 Å². The van der Waals surface area contributed by atoms with Gasteiger partial charge in [0, 0.05) is 12.9 Å². The van der Waals surface area contributed by atoms with Crippen molar-refractivity contribution in [1.29, 1.82) is 0 Å². The van der Waals surface area contributed by atoms with Crippen LogP contribution in [-0.4, -0.2) is 30.9 Å². The van der Waals surface area contributed by atoms with Crippen LogP contribution in [0.1, 0.15) is 13.3 Å². The molecule has 0 rings (SSSR count). The number of halogens is 2. The highest BCUT2D eigenvalue weighted by atomic mass is 79.9. The summed E-state index contributed by atoms with van der Waals surface area (Å²) in [5.41, 5.74) is 0. The molecule has 0 N–H and O–H groups in total. The lowest BCUT2D eigenvalue weighted by Crippen LogP contribution is -2.35. The summed E-state index contributed by atoms with van der Waals surface area (Å²) >= 11 is 9.71. The Morgan fingerprint density at radius 2 is 2.00 bits per heavy atom. The summed E-state index contributed by atoms with van der Waals surface area (Å²) in [4.78, 5) is 10.7. The second-order valence-electron chi connectivity index (χ2n) is 5.26. The van der Waals surface area contributed by atoms with Crippen LogP contribution in [0.2, 0.25) is 25.7 Å². The van der Waals surface area contributed by atoms with Crippen LogP contribution in [0.15, 0.2) is 0 Å². The number of esters is 1. The van der Waals surface area contributed by atoms with Gasteiger partial charge in [-0.05, 0) is 19.4 Å². The van der Waals surface area contributed by atoms with Crippen LogP contribution in [0.4, 0.5) is 0 Å². The Kier molecular flexibility index (Phi) is 5.86. The lowest BCUT2D eigenvalue weighted by Gasteiger charge is -2.25. The number of carbonyl (C=O) groups is 1. The molecular formula is C10H20BrClO2Si. The molecule has 0 aliphatic heterocycles. The fourth-order valence-corrected chi connectivity index (χ4v) is 6.93. The van der Waals surface area contributed by atoms with Gasteiger partial charge in [-0.2, -0.15) is 0 Å². The lowest BCUT2D eigenvalue weighted by atomic mass is 10.1. The molecular weight excluding hydrogens is 296 g/mol. The van der Waals surface area contributed by atoms with Gasteiger partial charge < -0.3 is 4.74 Å². The van der Waals surface area contributed by atoms with Crippen molar-refractivity contribution in [2.75, 3.05) is 7.11 Å². The van der Waals surface area contributed by atoms with Crippen LogP contribution in [0.3, 0.4) is 0 Å². The van der Waals surface area contributed by atoms with Gasteiger partial charge >= 0.3 is 5.97 Å². The first-order valence-electron chi connectivity index (χ1n) is 5.00. The Morgan fingerprint density at radius 3 is 2.33 bits per heavy atom. The molecule has 15 heavy (non-hydrogen) atoms. The highest BCUT2D eigenvalue weighted by Crippen LogP contribution is 2.30. The molecule has 0 aliphatic rings. The third-order valence-corrected chi connectivity index (χ3v) is 5.32. The number of rotatable bonds is 5. The summed E-state index contributed by atoms with van der Waals surface area (Å²) in [6.07, 6.45) is 0.603. The molecule has 0 saturated heterocycles. The normalized spacial score (nSPS) is 18.1. The Hall–Kier alpha value is 0.457. The molecule has 2 unspecified atom stereocenters. The first-order chi connectivity index (χ1) is 6.58. The van der Waals surface area contributed by atoms with Crippen molar-refractivity contribution in [3.05, 3.63) is 0 Å². The van der Waals surface area contributed by atoms with Crippen LogP contribution in [0, 0.1) is 0 Å². The third kappa shape index (κ3) is 6.59. The second kappa shape index (κ2) is 5.69. The molecule has 2 atom stereocenters. The highest BCUT2D eigenvalue weighted by molar-refractivity contribution is 9.09. The predicted molar refractivity (Wildman–Crippen MR) is 71.8 cm³/mol. The molecule has 0 fully saturated rings. The molecule has 0 saturated carbocycles. The van der Waals surface area contributed by atoms with E-state index in [9.17, 15) is 4.79 Å². The minimum absolute atomic E-state index is 0.283. The van der Waals surface area contributed by atoms with Gasteiger partial charge in [0.2, 0.25) is 0 Å². The zero-order valence-electron chi connectivity index (χ0n) is 10.1. The van der Waals surface area contributed by atoms with Crippen LogP contribution < -0.4 is 0 Å². The van der Waals surface area contributed by atoms with Gasteiger partial charge in [0.05, 0.1) is 7.11 Å². The number of ether oxygens (including phenoxy) is 1. The molecule has 90 valence electrons. The smallest absolute Gasteiger partial charge is 0.326 e. The Bertz CT molecular complexity index is 226. The standard InChI is InChI=1S/C10H20BrClO2Si/c1-10(12,9(13)14-2)6-8(11)7-15(3,4)5/h8H,6-7H2,1-5H3. The van der Waals surface area contributed by atoms with Crippen molar-refractivity contribution in [3.63, 3.8) is 0 Å². The lowest BCUT2D eigenvalue weighted by molar-refractivity contribution is -0.143. The first kappa shape index (κ1) is 15.5. The van der Waals surface area contributed by atoms with Crippen molar-refractivity contribution in [3.8, 4) is 0 Å². The summed E-state index contributed by atoms with van der Waals surface area (Å²) in [6.45, 7) is 8.60. The van der Waals surface area contributed by atoms with E-state index in [-0.39, 0.29) is 10.8 Å². The molecule has 0 amide bonds. The van der Waals surface area contributed by atoms with Crippen LogP contribution in [0.25, 0.3) is 0 Å². The minimum atomic E-state index is -1.12. The molecule has 0 radical (unpaired) electrons. The van der Waals surface area contributed by atoms with Gasteiger partial charge in [0.25, 0.3) is 0 Å². The summed E-state index contributed by atoms with van der Waals surface area (Å²) < 4.78 is 4.67. The zero-order valence-corrected chi connectivity index (χ0v) is 13.4. The molecule has 0 spiro atoms. The number of hydrogen-bond acceptors (Lipinski definition) is 2. The largest absolute Gasteiger partial charge is 0.468 e. The highest BCUT2D eigenvalue weighted by Gasteiger charge is 2.35. The van der Waals surface area contributed by atoms with E-state index in [1.54, 1.807) is 6.92 Å². The summed E-state index contributed by atoms with van der Waals surface area (Å²) in [5, 5.41) is 0. The predicted octanol–water partition coefficient (Wildman–Crippen LogP) is 3.65. The Balaban J connectivity index is 4.28. The molecule has 0 aromatic rings. The molecule has 5 heteroatoms. The molecule has 0 aliphatic carbocycles. The van der Waals surface area contributed by atoms with Crippen molar-refractivity contribution in [1.82, 2.24) is 0 Å². The van der Waals surface area contributed by atoms with Crippen LogP contribution in [0.5, 0.6) is 0 Å². The van der Waals surface area contributed by atoms with Crippen molar-refractivity contribution < 1.29 is 9.53 Å². The number of methoxy groups -OCH3 is 1. The summed E-state index contributed by atoms with van der Waals surface area (Å²) in [5.74, 6) is -0.357. The van der Waals surface area contributed by atoms with Gasteiger partial charge in [-0.15, -0.1) is 11.6 Å². The minimum Gasteiger partial charge on any atom is -0.468 e. The van der Waals surface area contributed by atoms with Gasteiger partial charge in [-0.3, -0.25) is 4.79 Å². The van der Waals surface area contributed by atoms with Crippen LogP contribution >= 0.6 is 27.5 Å². The van der Waals surface area contributed by atoms with E-state index in [1.807, 2.05) is 0 Å². The quantitative estimate of drug-likeness (QED) is 0.440. The van der Waals surface area contributed by atoms with E-state index < -0.39 is 12.9 Å². The molecule has 0 aromatic heterocycles. The number of hydrogen-bond donors (Lipinski definition) is 0. The maximum absolute atomic E-state index is 11.4. The van der Waals surface area contributed by atoms with E-state index in [4.69, 9.17) is 11.6 Å². The van der Waals surface area contributed by atoms with E-state index >= 15 is 0 Å². The molecule has 2 nitrogen and oxygen atoms in total. The molecule has 0 aromatic carbocycles. The molecule has 0 heterocycles. The Labute approximate surface area is 107 Å². The third-order valence-electron chi connectivity index (χ3n) is 2.05. The Morgan fingerprint density at radius 1 is 1.53 bits per heavy atom. The van der Waals surface area contributed by atoms with Gasteiger partial charge in [0.15, 0.2) is 0 Å². The topological polar surface area (TPSA) is 26.3 Å². The maximum atomic E-state index is 11.4. The average Bonchev–Trinajstić information content (AvgIpc) is 1.97. The van der Waals surface area contributed by atoms with Crippen LogP contribution in [-0.2, 0) is 9.53 Å². The van der Waals surface area contributed by atoms with E-state index in [0.717, 1.165) is 6.04 Å². The van der Waals surface area contributed by atoms with E-state index in [0.29, 0.717) is 6.42 Å². The molecule has 0 bridgehead atoms. The number of carbonyl (C=O) groups excluding carboxylic acids is 1. The second-order valence-corrected chi connectivity index (χ2v) is 12.9. The van der Waals surface area contributed by atoms with E-state index in [2.05, 4.69) is 40.3 Å². The summed E-state index contributed by atoms with van der Waals surface area (Å²) in [7, 11) is 0.243. The monoisotopic (exact) mass is 314 g/mol. The summed E-state index contributed by atoms with van der Waals surface area (Å²) in [6, 6.07) is 1.10. The maximum Gasteiger partial charge on any atom is 0.326 e. The number of alkyl halides is 2. The van der Waals surface area contributed by atoms with Gasteiger partial charge in [0.1, 0.15) is 4.87 Å². The zero-order chi connectivity index (χ0) is 12.3. The van der Waals surface area contributed by atoms with Gasteiger partial charge in [-0.25, -0.2) is 0 Å².